The normalized spacial score (nSPS) is 14.5. The minimum absolute atomic E-state index is 0.160. The van der Waals surface area contributed by atoms with Crippen LogP contribution in [0, 0.1) is 5.82 Å². The second-order valence-electron chi connectivity index (χ2n) is 7.45. The summed E-state index contributed by atoms with van der Waals surface area (Å²) < 4.78 is 14.2. The first-order valence-electron chi connectivity index (χ1n) is 10.3. The fourth-order valence-corrected chi connectivity index (χ4v) is 4.92. The minimum atomic E-state index is -0.160. The number of thiophene rings is 1. The molecule has 0 radical (unpaired) electrons. The maximum absolute atomic E-state index is 14.2. The molecule has 0 aliphatic carbocycles. The van der Waals surface area contributed by atoms with Gasteiger partial charge >= 0.3 is 0 Å². The van der Waals surface area contributed by atoms with E-state index in [0.717, 1.165) is 60.0 Å². The lowest BCUT2D eigenvalue weighted by molar-refractivity contribution is 0.597. The number of fused-ring (bicyclic) bond motifs is 1. The standard InChI is InChI=1S/C24H23FN4S/c1-2-18-16-19-23(26-22(27-24(19)30-18)17-8-4-3-5-9-17)29-14-12-28(13-15-29)21-11-7-6-10-20(21)25/h3-11,16H,2,12-15H2,1H3. The predicted molar refractivity (Wildman–Crippen MR) is 123 cm³/mol. The molecule has 0 atom stereocenters. The highest BCUT2D eigenvalue weighted by Crippen LogP contribution is 2.34. The zero-order valence-corrected chi connectivity index (χ0v) is 17.7. The monoisotopic (exact) mass is 418 g/mol. The number of hydrogen-bond donors (Lipinski definition) is 0. The molecule has 30 heavy (non-hydrogen) atoms. The van der Waals surface area contributed by atoms with Crippen molar-refractivity contribution >= 4 is 33.1 Å². The van der Waals surface area contributed by atoms with Crippen LogP contribution in [0.5, 0.6) is 0 Å². The number of nitrogens with zero attached hydrogens (tertiary/aromatic N) is 4. The third-order valence-electron chi connectivity index (χ3n) is 5.58. The molecule has 0 spiro atoms. The van der Waals surface area contributed by atoms with Gasteiger partial charge in [0.05, 0.1) is 11.1 Å². The predicted octanol–water partition coefficient (Wildman–Crippen LogP) is 5.39. The van der Waals surface area contributed by atoms with E-state index in [1.165, 1.54) is 10.9 Å². The highest BCUT2D eigenvalue weighted by Gasteiger charge is 2.23. The number of benzene rings is 2. The molecule has 3 heterocycles. The largest absolute Gasteiger partial charge is 0.366 e. The number of rotatable bonds is 4. The van der Waals surface area contributed by atoms with Crippen molar-refractivity contribution in [1.29, 1.82) is 0 Å². The minimum Gasteiger partial charge on any atom is -0.366 e. The molecule has 1 aliphatic rings. The first kappa shape index (κ1) is 19.0. The number of halogens is 1. The Morgan fingerprint density at radius 1 is 0.900 bits per heavy atom. The van der Waals surface area contributed by atoms with Crippen LogP contribution in [0.1, 0.15) is 11.8 Å². The number of para-hydroxylation sites is 1. The Hall–Kier alpha value is -2.99. The van der Waals surface area contributed by atoms with Crippen LogP contribution >= 0.6 is 11.3 Å². The molecule has 0 bridgehead atoms. The zero-order chi connectivity index (χ0) is 20.5. The molecule has 1 saturated heterocycles. The molecule has 152 valence electrons. The second kappa shape index (κ2) is 8.03. The molecule has 0 unspecified atom stereocenters. The van der Waals surface area contributed by atoms with Crippen LogP contribution in [0.2, 0.25) is 0 Å². The molecule has 1 aliphatic heterocycles. The van der Waals surface area contributed by atoms with Gasteiger partial charge < -0.3 is 9.80 Å². The summed E-state index contributed by atoms with van der Waals surface area (Å²) in [5, 5.41) is 1.12. The van der Waals surface area contributed by atoms with E-state index in [1.54, 1.807) is 17.4 Å². The van der Waals surface area contributed by atoms with Crippen molar-refractivity contribution in [3.05, 3.63) is 71.4 Å². The van der Waals surface area contributed by atoms with E-state index in [2.05, 4.69) is 34.9 Å². The van der Waals surface area contributed by atoms with E-state index in [1.807, 2.05) is 30.3 Å². The Balaban J connectivity index is 1.49. The average molecular weight is 419 g/mol. The summed E-state index contributed by atoms with van der Waals surface area (Å²) in [7, 11) is 0. The van der Waals surface area contributed by atoms with E-state index in [0.29, 0.717) is 5.69 Å². The molecular formula is C24H23FN4S. The van der Waals surface area contributed by atoms with Gasteiger partial charge in [-0.2, -0.15) is 0 Å². The Bertz CT molecular complexity index is 1170. The van der Waals surface area contributed by atoms with Crippen LogP contribution in [-0.2, 0) is 6.42 Å². The van der Waals surface area contributed by atoms with Gasteiger partial charge in [0.2, 0.25) is 0 Å². The van der Waals surface area contributed by atoms with E-state index in [-0.39, 0.29) is 5.82 Å². The molecule has 0 amide bonds. The molecular weight excluding hydrogens is 395 g/mol. The summed E-state index contributed by atoms with van der Waals surface area (Å²) >= 11 is 1.75. The third kappa shape index (κ3) is 3.52. The zero-order valence-electron chi connectivity index (χ0n) is 16.9. The first-order chi connectivity index (χ1) is 14.7. The first-order valence-corrected chi connectivity index (χ1v) is 11.1. The van der Waals surface area contributed by atoms with Gasteiger partial charge in [0.1, 0.15) is 16.5 Å². The number of anilines is 2. The summed E-state index contributed by atoms with van der Waals surface area (Å²) in [4.78, 5) is 16.6. The third-order valence-corrected chi connectivity index (χ3v) is 6.75. The quantitative estimate of drug-likeness (QED) is 0.445. The van der Waals surface area contributed by atoms with Crippen LogP contribution in [-0.4, -0.2) is 36.1 Å². The molecule has 0 saturated carbocycles. The number of hydrogen-bond acceptors (Lipinski definition) is 5. The van der Waals surface area contributed by atoms with Crippen molar-refractivity contribution in [2.24, 2.45) is 0 Å². The van der Waals surface area contributed by atoms with Crippen molar-refractivity contribution in [3.8, 4) is 11.4 Å². The lowest BCUT2D eigenvalue weighted by atomic mass is 10.2. The molecule has 0 N–H and O–H groups in total. The molecule has 4 nitrogen and oxygen atoms in total. The average Bonchev–Trinajstić information content (AvgIpc) is 3.23. The topological polar surface area (TPSA) is 32.3 Å². The molecule has 6 heteroatoms. The number of aromatic nitrogens is 2. The van der Waals surface area contributed by atoms with Gasteiger partial charge in [-0.25, -0.2) is 14.4 Å². The summed E-state index contributed by atoms with van der Waals surface area (Å²) in [6.07, 6.45) is 0.988. The molecule has 2 aromatic carbocycles. The van der Waals surface area contributed by atoms with Crippen molar-refractivity contribution in [2.45, 2.75) is 13.3 Å². The van der Waals surface area contributed by atoms with Gasteiger partial charge in [0, 0.05) is 36.6 Å². The Kier molecular flexibility index (Phi) is 5.09. The van der Waals surface area contributed by atoms with Gasteiger partial charge in [-0.15, -0.1) is 11.3 Å². The van der Waals surface area contributed by atoms with Gasteiger partial charge in [0.25, 0.3) is 0 Å². The Labute approximate surface area is 179 Å². The van der Waals surface area contributed by atoms with Gasteiger partial charge in [-0.05, 0) is 24.6 Å². The SMILES string of the molecule is CCc1cc2c(N3CCN(c4ccccc4F)CC3)nc(-c3ccccc3)nc2s1. The maximum Gasteiger partial charge on any atom is 0.163 e. The highest BCUT2D eigenvalue weighted by atomic mass is 32.1. The van der Waals surface area contributed by atoms with Crippen molar-refractivity contribution < 1.29 is 4.39 Å². The van der Waals surface area contributed by atoms with Crippen LogP contribution in [0.3, 0.4) is 0 Å². The summed E-state index contributed by atoms with van der Waals surface area (Å²) in [6, 6.07) is 19.4. The van der Waals surface area contributed by atoms with E-state index >= 15 is 0 Å². The van der Waals surface area contributed by atoms with Crippen molar-refractivity contribution in [2.75, 3.05) is 36.0 Å². The molecule has 2 aromatic heterocycles. The number of aryl methyl sites for hydroxylation is 1. The van der Waals surface area contributed by atoms with Crippen LogP contribution in [0.25, 0.3) is 21.6 Å². The molecule has 4 aromatic rings. The van der Waals surface area contributed by atoms with E-state index in [9.17, 15) is 4.39 Å². The summed E-state index contributed by atoms with van der Waals surface area (Å²) in [5.74, 6) is 1.59. The van der Waals surface area contributed by atoms with Crippen molar-refractivity contribution in [1.82, 2.24) is 9.97 Å². The molecule has 5 rings (SSSR count). The lowest BCUT2D eigenvalue weighted by Crippen LogP contribution is -2.47. The number of piperazine rings is 1. The van der Waals surface area contributed by atoms with Crippen LogP contribution < -0.4 is 9.80 Å². The molecule has 1 fully saturated rings. The van der Waals surface area contributed by atoms with Crippen LogP contribution in [0.15, 0.2) is 60.7 Å². The van der Waals surface area contributed by atoms with Crippen LogP contribution in [0.4, 0.5) is 15.9 Å². The summed E-state index contributed by atoms with van der Waals surface area (Å²) in [5.41, 5.74) is 1.70. The highest BCUT2D eigenvalue weighted by molar-refractivity contribution is 7.18. The fraction of sp³-hybridized carbons (Fsp3) is 0.250. The Morgan fingerprint density at radius 2 is 1.60 bits per heavy atom. The smallest absolute Gasteiger partial charge is 0.163 e. The van der Waals surface area contributed by atoms with Gasteiger partial charge in [-0.3, -0.25) is 0 Å². The van der Waals surface area contributed by atoms with Gasteiger partial charge in [0.15, 0.2) is 5.82 Å². The fourth-order valence-electron chi connectivity index (χ4n) is 3.96. The summed E-state index contributed by atoms with van der Waals surface area (Å²) in [6.45, 7) is 5.29. The van der Waals surface area contributed by atoms with Crippen molar-refractivity contribution in [3.63, 3.8) is 0 Å². The van der Waals surface area contributed by atoms with E-state index < -0.39 is 0 Å². The maximum atomic E-state index is 14.2. The lowest BCUT2D eigenvalue weighted by Gasteiger charge is -2.37. The second-order valence-corrected chi connectivity index (χ2v) is 8.56. The van der Waals surface area contributed by atoms with Gasteiger partial charge in [-0.1, -0.05) is 49.4 Å². The van der Waals surface area contributed by atoms with E-state index in [4.69, 9.17) is 9.97 Å². The Morgan fingerprint density at radius 3 is 2.33 bits per heavy atom.